The van der Waals surface area contributed by atoms with E-state index in [-0.39, 0.29) is 34.3 Å². The molecule has 2 amide bonds. The van der Waals surface area contributed by atoms with Crippen molar-refractivity contribution in [2.75, 3.05) is 19.0 Å². The van der Waals surface area contributed by atoms with Crippen LogP contribution in [-0.4, -0.2) is 49.8 Å². The van der Waals surface area contributed by atoms with Gasteiger partial charge in [0.2, 0.25) is 0 Å². The zero-order chi connectivity index (χ0) is 26.9. The fourth-order valence-corrected chi connectivity index (χ4v) is 3.56. The van der Waals surface area contributed by atoms with Gasteiger partial charge in [-0.2, -0.15) is 23.4 Å². The summed E-state index contributed by atoms with van der Waals surface area (Å²) in [7, 11) is 3.01. The minimum atomic E-state index is -4.77. The summed E-state index contributed by atoms with van der Waals surface area (Å²) in [6, 6.07) is 8.37. The molecular formula is C24H24F3N7O3. The smallest absolute Gasteiger partial charge is 0.433 e. The van der Waals surface area contributed by atoms with Crippen LogP contribution in [0.5, 0.6) is 5.75 Å². The monoisotopic (exact) mass is 515 g/mol. The van der Waals surface area contributed by atoms with Gasteiger partial charge in [-0.3, -0.25) is 14.3 Å². The summed E-state index contributed by atoms with van der Waals surface area (Å²) in [6.45, 7) is 4.27. The topological polar surface area (TPSA) is 115 Å². The van der Waals surface area contributed by atoms with Crippen molar-refractivity contribution in [2.45, 2.75) is 20.0 Å². The summed E-state index contributed by atoms with van der Waals surface area (Å²) >= 11 is 0. The van der Waals surface area contributed by atoms with Crippen LogP contribution < -0.4 is 15.4 Å². The molecule has 0 aliphatic rings. The lowest BCUT2D eigenvalue weighted by Crippen LogP contribution is -2.30. The number of halogens is 3. The van der Waals surface area contributed by atoms with Gasteiger partial charge in [0.05, 0.1) is 24.7 Å². The molecule has 0 atom stereocenters. The van der Waals surface area contributed by atoms with Crippen molar-refractivity contribution in [3.8, 4) is 17.0 Å². The molecule has 0 spiro atoms. The molecule has 3 aromatic heterocycles. The molecule has 13 heteroatoms. The van der Waals surface area contributed by atoms with E-state index in [1.165, 1.54) is 25.0 Å². The molecule has 0 bridgehead atoms. The molecule has 37 heavy (non-hydrogen) atoms. The highest BCUT2D eigenvalue weighted by Gasteiger charge is 2.36. The first kappa shape index (κ1) is 25.7. The first-order valence-electron chi connectivity index (χ1n) is 11.2. The van der Waals surface area contributed by atoms with Crippen LogP contribution in [0.1, 0.15) is 40.5 Å². The van der Waals surface area contributed by atoms with Crippen molar-refractivity contribution in [2.24, 2.45) is 13.0 Å². The number of aromatic nitrogens is 5. The highest BCUT2D eigenvalue weighted by Crippen LogP contribution is 2.33. The molecule has 0 radical (unpaired) electrons. The van der Waals surface area contributed by atoms with Crippen LogP contribution in [0.4, 0.5) is 18.9 Å². The molecule has 3 heterocycles. The number of aryl methyl sites for hydroxylation is 1. The van der Waals surface area contributed by atoms with E-state index in [4.69, 9.17) is 4.74 Å². The molecule has 0 aliphatic carbocycles. The van der Waals surface area contributed by atoms with Crippen LogP contribution in [0.3, 0.4) is 0 Å². The van der Waals surface area contributed by atoms with Crippen molar-refractivity contribution < 1.29 is 27.5 Å². The predicted molar refractivity (Wildman–Crippen MR) is 128 cm³/mol. The van der Waals surface area contributed by atoms with Crippen LogP contribution in [0.15, 0.2) is 42.6 Å². The van der Waals surface area contributed by atoms with Gasteiger partial charge >= 0.3 is 6.18 Å². The Kier molecular flexibility index (Phi) is 6.88. The van der Waals surface area contributed by atoms with Crippen LogP contribution in [0, 0.1) is 5.92 Å². The number of nitrogens with one attached hydrogen (secondary N) is 2. The largest absolute Gasteiger partial charge is 0.497 e. The number of anilines is 1. The van der Waals surface area contributed by atoms with E-state index < -0.39 is 23.7 Å². The molecule has 194 valence electrons. The Hall–Kier alpha value is -4.42. The van der Waals surface area contributed by atoms with Gasteiger partial charge in [0, 0.05) is 25.2 Å². The minimum Gasteiger partial charge on any atom is -0.497 e. The van der Waals surface area contributed by atoms with Gasteiger partial charge in [-0.25, -0.2) is 9.50 Å². The first-order chi connectivity index (χ1) is 17.5. The molecule has 4 rings (SSSR count). The fourth-order valence-electron chi connectivity index (χ4n) is 3.56. The first-order valence-corrected chi connectivity index (χ1v) is 11.2. The number of benzene rings is 1. The highest BCUT2D eigenvalue weighted by atomic mass is 19.4. The number of hydrogen-bond acceptors (Lipinski definition) is 6. The summed E-state index contributed by atoms with van der Waals surface area (Å²) in [4.78, 5) is 29.8. The van der Waals surface area contributed by atoms with E-state index >= 15 is 0 Å². The molecular weight excluding hydrogens is 491 g/mol. The van der Waals surface area contributed by atoms with Gasteiger partial charge in [-0.1, -0.05) is 13.8 Å². The number of hydrogen-bond donors (Lipinski definition) is 2. The summed E-state index contributed by atoms with van der Waals surface area (Å²) in [5, 5.41) is 13.1. The molecule has 10 nitrogen and oxygen atoms in total. The number of carbonyl (C=O) groups excluding carboxylic acids is 2. The normalized spacial score (nSPS) is 11.7. The maximum Gasteiger partial charge on any atom is 0.433 e. The van der Waals surface area contributed by atoms with Crippen molar-refractivity contribution in [3.05, 3.63) is 59.7 Å². The number of amides is 2. The second kappa shape index (κ2) is 9.91. The van der Waals surface area contributed by atoms with Gasteiger partial charge in [0.15, 0.2) is 17.0 Å². The molecule has 0 aliphatic heterocycles. The Morgan fingerprint density at radius 3 is 2.43 bits per heavy atom. The maximum absolute atomic E-state index is 13.9. The van der Waals surface area contributed by atoms with Crippen LogP contribution >= 0.6 is 0 Å². The molecule has 1 aromatic carbocycles. The van der Waals surface area contributed by atoms with E-state index in [0.717, 1.165) is 12.1 Å². The van der Waals surface area contributed by atoms with Gasteiger partial charge in [0.25, 0.3) is 11.8 Å². The lowest BCUT2D eigenvalue weighted by molar-refractivity contribution is -0.142. The quantitative estimate of drug-likeness (QED) is 0.387. The second-order valence-electron chi connectivity index (χ2n) is 8.64. The Morgan fingerprint density at radius 1 is 1.11 bits per heavy atom. The molecule has 0 fully saturated rings. The fraction of sp³-hybridized carbons (Fsp3) is 0.292. The summed E-state index contributed by atoms with van der Waals surface area (Å²) in [5.74, 6) is -0.539. The lowest BCUT2D eigenvalue weighted by Gasteiger charge is -2.11. The van der Waals surface area contributed by atoms with E-state index in [9.17, 15) is 22.8 Å². The standard InChI is InChI=1S/C24H24F3N7O3/c1-13(2)11-28-23(36)21-18(12-29-33(21)3)31-22(35)17-10-20-30-16(14-5-7-15(37-4)8-6-14)9-19(24(25,26)27)34(20)32-17/h5-10,12-13H,11H2,1-4H3,(H,28,36)(H,31,35). The lowest BCUT2D eigenvalue weighted by atomic mass is 10.1. The average Bonchev–Trinajstić information content (AvgIpc) is 3.44. The molecule has 4 aromatic rings. The van der Waals surface area contributed by atoms with Gasteiger partial charge in [-0.05, 0) is 36.2 Å². The minimum absolute atomic E-state index is 0.0469. The molecule has 0 saturated heterocycles. The molecule has 2 N–H and O–H groups in total. The van der Waals surface area contributed by atoms with Crippen molar-refractivity contribution in [1.82, 2.24) is 29.7 Å². The third kappa shape index (κ3) is 5.39. The third-order valence-corrected chi connectivity index (χ3v) is 5.41. The summed E-state index contributed by atoms with van der Waals surface area (Å²) in [6.07, 6.45) is -3.49. The Labute approximate surface area is 209 Å². The summed E-state index contributed by atoms with van der Waals surface area (Å²) in [5.41, 5.74) is -0.937. The van der Waals surface area contributed by atoms with Crippen molar-refractivity contribution in [1.29, 1.82) is 0 Å². The summed E-state index contributed by atoms with van der Waals surface area (Å²) < 4.78 is 48.6. The predicted octanol–water partition coefficient (Wildman–Crippen LogP) is 3.80. The van der Waals surface area contributed by atoms with Crippen LogP contribution in [0.2, 0.25) is 0 Å². The number of methoxy groups -OCH3 is 1. The Balaban J connectivity index is 1.69. The van der Waals surface area contributed by atoms with E-state index in [2.05, 4.69) is 25.8 Å². The third-order valence-electron chi connectivity index (χ3n) is 5.41. The number of fused-ring (bicyclic) bond motifs is 1. The van der Waals surface area contributed by atoms with E-state index in [1.54, 1.807) is 24.3 Å². The molecule has 0 unspecified atom stereocenters. The Morgan fingerprint density at radius 2 is 1.81 bits per heavy atom. The van der Waals surface area contributed by atoms with E-state index in [1.807, 2.05) is 13.8 Å². The van der Waals surface area contributed by atoms with Crippen LogP contribution in [-0.2, 0) is 13.2 Å². The molecule has 0 saturated carbocycles. The number of carbonyl (C=O) groups is 2. The van der Waals surface area contributed by atoms with Gasteiger partial charge in [-0.15, -0.1) is 0 Å². The average molecular weight is 515 g/mol. The second-order valence-corrected chi connectivity index (χ2v) is 8.64. The zero-order valence-electron chi connectivity index (χ0n) is 20.4. The zero-order valence-corrected chi connectivity index (χ0v) is 20.4. The number of nitrogens with zero attached hydrogens (tertiary/aromatic N) is 5. The number of ether oxygens (including phenoxy) is 1. The van der Waals surface area contributed by atoms with Crippen molar-refractivity contribution in [3.63, 3.8) is 0 Å². The maximum atomic E-state index is 13.9. The Bertz CT molecular complexity index is 1460. The number of rotatable bonds is 7. The highest BCUT2D eigenvalue weighted by molar-refractivity contribution is 6.07. The SMILES string of the molecule is COc1ccc(-c2cc(C(F)(F)F)n3nc(C(=O)Nc4cnn(C)c4C(=O)NCC(C)C)cc3n2)cc1. The van der Waals surface area contributed by atoms with Crippen molar-refractivity contribution >= 4 is 23.1 Å². The number of alkyl halides is 3. The van der Waals surface area contributed by atoms with Gasteiger partial charge < -0.3 is 15.4 Å². The van der Waals surface area contributed by atoms with Crippen LogP contribution in [0.25, 0.3) is 16.9 Å². The van der Waals surface area contributed by atoms with Gasteiger partial charge in [0.1, 0.15) is 11.4 Å². The van der Waals surface area contributed by atoms with E-state index in [0.29, 0.717) is 22.4 Å².